The number of fused-ring (bicyclic) bond motifs is 1. The van der Waals surface area contributed by atoms with Gasteiger partial charge in [0.15, 0.2) is 0 Å². The summed E-state index contributed by atoms with van der Waals surface area (Å²) in [5.41, 5.74) is 3.42. The SMILES string of the molecule is CC(=O)NCCC[C@H](NC(=O)c1ccc(C(=O)N2CCCC2)c(C)c1)c1nc2cc(Cl)ccc2[nH]1. The molecule has 0 unspecified atom stereocenters. The molecule has 35 heavy (non-hydrogen) atoms. The van der Waals surface area contributed by atoms with Crippen molar-refractivity contribution in [3.63, 3.8) is 0 Å². The van der Waals surface area contributed by atoms with Crippen LogP contribution in [0, 0.1) is 6.92 Å². The fourth-order valence-corrected chi connectivity index (χ4v) is 4.55. The molecular weight excluding hydrogens is 466 g/mol. The van der Waals surface area contributed by atoms with E-state index in [-0.39, 0.29) is 17.7 Å². The van der Waals surface area contributed by atoms with Gasteiger partial charge in [-0.3, -0.25) is 14.4 Å². The zero-order valence-corrected chi connectivity index (χ0v) is 20.7. The number of likely N-dealkylation sites (tertiary alicyclic amines) is 1. The Morgan fingerprint density at radius 1 is 1.14 bits per heavy atom. The lowest BCUT2D eigenvalue weighted by Crippen LogP contribution is -2.31. The summed E-state index contributed by atoms with van der Waals surface area (Å²) in [6.07, 6.45) is 3.29. The normalized spacial score (nSPS) is 14.2. The van der Waals surface area contributed by atoms with Crippen LogP contribution in [0.25, 0.3) is 11.0 Å². The maximum atomic E-state index is 13.2. The molecule has 0 radical (unpaired) electrons. The topological polar surface area (TPSA) is 107 Å². The molecule has 0 spiro atoms. The maximum absolute atomic E-state index is 13.2. The predicted octanol–water partition coefficient (Wildman–Crippen LogP) is 4.15. The molecule has 3 aromatic rings. The number of imidazole rings is 1. The highest BCUT2D eigenvalue weighted by Gasteiger charge is 2.23. The third-order valence-corrected chi connectivity index (χ3v) is 6.49. The average molecular weight is 496 g/mol. The Morgan fingerprint density at radius 2 is 1.91 bits per heavy atom. The molecule has 4 rings (SSSR count). The molecule has 3 amide bonds. The first-order chi connectivity index (χ1) is 16.8. The molecule has 1 aliphatic rings. The predicted molar refractivity (Wildman–Crippen MR) is 136 cm³/mol. The molecule has 1 aromatic heterocycles. The largest absolute Gasteiger partial charge is 0.356 e. The molecule has 1 saturated heterocycles. The summed E-state index contributed by atoms with van der Waals surface area (Å²) in [5, 5.41) is 6.44. The molecule has 2 aromatic carbocycles. The first kappa shape index (κ1) is 24.7. The summed E-state index contributed by atoms with van der Waals surface area (Å²) < 4.78 is 0. The van der Waals surface area contributed by atoms with E-state index < -0.39 is 6.04 Å². The van der Waals surface area contributed by atoms with Gasteiger partial charge in [-0.25, -0.2) is 4.98 Å². The van der Waals surface area contributed by atoms with E-state index >= 15 is 0 Å². The Labute approximate surface area is 209 Å². The van der Waals surface area contributed by atoms with Gasteiger partial charge in [-0.2, -0.15) is 0 Å². The smallest absolute Gasteiger partial charge is 0.254 e. The van der Waals surface area contributed by atoms with Crippen molar-refractivity contribution in [2.45, 2.75) is 45.6 Å². The van der Waals surface area contributed by atoms with Gasteiger partial charge in [0.2, 0.25) is 5.91 Å². The molecule has 8 nitrogen and oxygen atoms in total. The molecule has 1 aliphatic heterocycles. The van der Waals surface area contributed by atoms with Gasteiger partial charge in [0.05, 0.1) is 17.1 Å². The molecule has 3 N–H and O–H groups in total. The highest BCUT2D eigenvalue weighted by Crippen LogP contribution is 2.23. The van der Waals surface area contributed by atoms with Gasteiger partial charge in [0.25, 0.3) is 11.8 Å². The summed E-state index contributed by atoms with van der Waals surface area (Å²) in [6.45, 7) is 5.39. The minimum Gasteiger partial charge on any atom is -0.356 e. The Balaban J connectivity index is 1.52. The summed E-state index contributed by atoms with van der Waals surface area (Å²) in [7, 11) is 0. The summed E-state index contributed by atoms with van der Waals surface area (Å²) in [5.74, 6) is 0.291. The van der Waals surface area contributed by atoms with E-state index in [2.05, 4.69) is 20.6 Å². The van der Waals surface area contributed by atoms with E-state index in [9.17, 15) is 14.4 Å². The Morgan fingerprint density at radius 3 is 2.63 bits per heavy atom. The molecule has 2 heterocycles. The standard InChI is InChI=1S/C26H30ClN5O3/c1-16-14-18(7-9-20(16)26(35)32-12-3-4-13-32)25(34)31-22(6-5-11-28-17(2)33)24-29-21-10-8-19(27)15-23(21)30-24/h7-10,14-15,22H,3-6,11-13H2,1-2H3,(H,28,33)(H,29,30)(H,31,34)/t22-/m0/s1. The monoisotopic (exact) mass is 495 g/mol. The van der Waals surface area contributed by atoms with Gasteiger partial charge in [0, 0.05) is 42.7 Å². The lowest BCUT2D eigenvalue weighted by Gasteiger charge is -2.19. The molecule has 0 aliphatic carbocycles. The van der Waals surface area contributed by atoms with Crippen molar-refractivity contribution in [3.8, 4) is 0 Å². The van der Waals surface area contributed by atoms with Crippen molar-refractivity contribution in [2.24, 2.45) is 0 Å². The van der Waals surface area contributed by atoms with Crippen LogP contribution < -0.4 is 10.6 Å². The lowest BCUT2D eigenvalue weighted by molar-refractivity contribution is -0.118. The van der Waals surface area contributed by atoms with Gasteiger partial charge >= 0.3 is 0 Å². The van der Waals surface area contributed by atoms with Gasteiger partial charge in [-0.15, -0.1) is 0 Å². The lowest BCUT2D eigenvalue weighted by atomic mass is 10.0. The molecule has 1 fully saturated rings. The fraction of sp³-hybridized carbons (Fsp3) is 0.385. The van der Waals surface area contributed by atoms with Gasteiger partial charge in [-0.1, -0.05) is 11.6 Å². The van der Waals surface area contributed by atoms with Gasteiger partial charge < -0.3 is 20.5 Å². The van der Waals surface area contributed by atoms with E-state index in [1.54, 1.807) is 30.3 Å². The number of aryl methyl sites for hydroxylation is 1. The van der Waals surface area contributed by atoms with E-state index in [1.807, 2.05) is 17.9 Å². The Kier molecular flexibility index (Phi) is 7.70. The number of nitrogens with zero attached hydrogens (tertiary/aromatic N) is 2. The quantitative estimate of drug-likeness (QED) is 0.408. The first-order valence-electron chi connectivity index (χ1n) is 11.9. The number of carbonyl (C=O) groups excluding carboxylic acids is 3. The van der Waals surface area contributed by atoms with E-state index in [0.717, 1.165) is 37.0 Å². The highest BCUT2D eigenvalue weighted by atomic mass is 35.5. The van der Waals surface area contributed by atoms with Crippen molar-refractivity contribution in [2.75, 3.05) is 19.6 Å². The highest BCUT2D eigenvalue weighted by molar-refractivity contribution is 6.31. The van der Waals surface area contributed by atoms with E-state index in [4.69, 9.17) is 11.6 Å². The van der Waals surface area contributed by atoms with Crippen molar-refractivity contribution in [3.05, 3.63) is 63.9 Å². The van der Waals surface area contributed by atoms with Crippen LogP contribution in [0.4, 0.5) is 0 Å². The number of amides is 3. The number of halogens is 1. The number of H-pyrrole nitrogens is 1. The number of hydrogen-bond donors (Lipinski definition) is 3. The minimum absolute atomic E-state index is 0.0174. The summed E-state index contributed by atoms with van der Waals surface area (Å²) in [6, 6.07) is 10.2. The molecule has 0 bridgehead atoms. The van der Waals surface area contributed by atoms with Crippen LogP contribution in [0.2, 0.25) is 5.02 Å². The zero-order valence-electron chi connectivity index (χ0n) is 20.0. The number of hydrogen-bond acceptors (Lipinski definition) is 4. The van der Waals surface area contributed by atoms with Crippen molar-refractivity contribution < 1.29 is 14.4 Å². The van der Waals surface area contributed by atoms with Crippen LogP contribution in [0.3, 0.4) is 0 Å². The van der Waals surface area contributed by atoms with Crippen molar-refractivity contribution in [1.29, 1.82) is 0 Å². The average Bonchev–Trinajstić information content (AvgIpc) is 3.50. The second kappa shape index (κ2) is 10.9. The first-order valence-corrected chi connectivity index (χ1v) is 12.3. The van der Waals surface area contributed by atoms with Crippen LogP contribution in [0.15, 0.2) is 36.4 Å². The Hall–Kier alpha value is -3.39. The number of benzene rings is 2. The fourth-order valence-electron chi connectivity index (χ4n) is 4.39. The summed E-state index contributed by atoms with van der Waals surface area (Å²) >= 11 is 6.10. The molecule has 184 valence electrons. The minimum atomic E-state index is -0.395. The number of rotatable bonds is 8. The van der Waals surface area contributed by atoms with Crippen LogP contribution in [0.5, 0.6) is 0 Å². The van der Waals surface area contributed by atoms with E-state index in [1.165, 1.54) is 6.92 Å². The van der Waals surface area contributed by atoms with Crippen molar-refractivity contribution >= 4 is 40.4 Å². The third kappa shape index (κ3) is 6.00. The summed E-state index contributed by atoms with van der Waals surface area (Å²) in [4.78, 5) is 47.0. The zero-order chi connectivity index (χ0) is 24.9. The van der Waals surface area contributed by atoms with Crippen LogP contribution in [-0.2, 0) is 4.79 Å². The van der Waals surface area contributed by atoms with E-state index in [0.29, 0.717) is 46.9 Å². The number of aromatic amines is 1. The molecule has 1 atom stereocenters. The number of carbonyl (C=O) groups is 3. The Bertz CT molecular complexity index is 1250. The maximum Gasteiger partial charge on any atom is 0.254 e. The number of nitrogens with one attached hydrogen (secondary N) is 3. The number of aromatic nitrogens is 2. The second-order valence-corrected chi connectivity index (χ2v) is 9.40. The molecule has 9 heteroatoms. The molecular formula is C26H30ClN5O3. The van der Waals surface area contributed by atoms with Crippen LogP contribution in [-0.4, -0.2) is 52.2 Å². The van der Waals surface area contributed by atoms with Crippen LogP contribution >= 0.6 is 11.6 Å². The van der Waals surface area contributed by atoms with Gasteiger partial charge in [-0.05, 0) is 74.6 Å². The second-order valence-electron chi connectivity index (χ2n) is 8.96. The van der Waals surface area contributed by atoms with Crippen molar-refractivity contribution in [1.82, 2.24) is 25.5 Å². The molecule has 0 saturated carbocycles. The van der Waals surface area contributed by atoms with Crippen LogP contribution in [0.1, 0.15) is 70.8 Å². The third-order valence-electron chi connectivity index (χ3n) is 6.25. The van der Waals surface area contributed by atoms with Gasteiger partial charge in [0.1, 0.15) is 5.82 Å².